The molecule has 0 unspecified atom stereocenters. The lowest BCUT2D eigenvalue weighted by Gasteiger charge is -2.20. The van der Waals surface area contributed by atoms with E-state index in [9.17, 15) is 0 Å². The smallest absolute Gasteiger partial charge is 0.171 e. The monoisotopic (exact) mass is 552 g/mol. The standard InChI is InChI=1S/C36H26O2P2/c37-40(30-17-9-3-10-18-30,31-19-11-4-12-20-31)32-22-24-36-34(26-32)33-25-29(21-23-35(33)38-36)39(27-13-5-1-6-14-27)28-15-7-2-8-16-28/h1-26H. The van der Waals surface area contributed by atoms with Crippen molar-refractivity contribution in [3.63, 3.8) is 0 Å². The minimum absolute atomic E-state index is 0.755. The van der Waals surface area contributed by atoms with Crippen LogP contribution in [-0.2, 0) is 4.57 Å². The highest BCUT2D eigenvalue weighted by Gasteiger charge is 2.30. The van der Waals surface area contributed by atoms with Gasteiger partial charge in [-0.3, -0.25) is 0 Å². The molecule has 0 saturated heterocycles. The SMILES string of the molecule is O=P(c1ccccc1)(c1ccccc1)c1ccc2oc3ccc(P(c4ccccc4)c4ccccc4)cc3c2c1. The van der Waals surface area contributed by atoms with Gasteiger partial charge in [0.25, 0.3) is 0 Å². The summed E-state index contributed by atoms with van der Waals surface area (Å²) in [5.41, 5.74) is 1.63. The lowest BCUT2D eigenvalue weighted by atomic mass is 10.1. The molecule has 40 heavy (non-hydrogen) atoms. The first-order valence-electron chi connectivity index (χ1n) is 13.3. The Kier molecular flexibility index (Phi) is 6.45. The second kappa shape index (κ2) is 10.4. The van der Waals surface area contributed by atoms with Crippen LogP contribution in [0.25, 0.3) is 21.9 Å². The Morgan fingerprint density at radius 1 is 0.425 bits per heavy atom. The van der Waals surface area contributed by atoms with Gasteiger partial charge in [0.05, 0.1) is 0 Å². The zero-order valence-electron chi connectivity index (χ0n) is 21.7. The summed E-state index contributed by atoms with van der Waals surface area (Å²) in [7, 11) is -3.85. The summed E-state index contributed by atoms with van der Waals surface area (Å²) in [6.45, 7) is 0. The molecule has 4 heteroatoms. The van der Waals surface area contributed by atoms with Gasteiger partial charge in [-0.2, -0.15) is 0 Å². The fraction of sp³-hybridized carbons (Fsp3) is 0. The van der Waals surface area contributed by atoms with E-state index in [1.54, 1.807) is 0 Å². The average molecular weight is 553 g/mol. The molecule has 192 valence electrons. The van der Waals surface area contributed by atoms with E-state index >= 15 is 4.57 Å². The van der Waals surface area contributed by atoms with Gasteiger partial charge >= 0.3 is 0 Å². The van der Waals surface area contributed by atoms with Crippen LogP contribution >= 0.6 is 15.1 Å². The molecular weight excluding hydrogens is 526 g/mol. The highest BCUT2D eigenvalue weighted by molar-refractivity contribution is 7.85. The molecule has 0 aliphatic heterocycles. The molecule has 0 atom stereocenters. The molecule has 7 rings (SSSR count). The van der Waals surface area contributed by atoms with Gasteiger partial charge in [0.1, 0.15) is 11.2 Å². The maximum Gasteiger partial charge on any atom is 0.171 e. The molecule has 1 heterocycles. The van der Waals surface area contributed by atoms with Crippen LogP contribution in [0.1, 0.15) is 0 Å². The lowest BCUT2D eigenvalue weighted by Crippen LogP contribution is -2.24. The zero-order valence-corrected chi connectivity index (χ0v) is 23.5. The van der Waals surface area contributed by atoms with Crippen molar-refractivity contribution in [1.29, 1.82) is 0 Å². The molecule has 7 aromatic rings. The van der Waals surface area contributed by atoms with E-state index in [0.29, 0.717) is 0 Å². The van der Waals surface area contributed by atoms with Crippen LogP contribution in [0.15, 0.2) is 162 Å². The van der Waals surface area contributed by atoms with Crippen molar-refractivity contribution in [3.05, 3.63) is 158 Å². The number of rotatable bonds is 6. The minimum atomic E-state index is -3.10. The van der Waals surface area contributed by atoms with Gasteiger partial charge in [-0.15, -0.1) is 0 Å². The number of fused-ring (bicyclic) bond motifs is 3. The summed E-state index contributed by atoms with van der Waals surface area (Å²) < 4.78 is 21.3. The normalized spacial score (nSPS) is 11.8. The van der Waals surface area contributed by atoms with E-state index in [1.165, 1.54) is 15.9 Å². The Bertz CT molecular complexity index is 1880. The summed E-state index contributed by atoms with van der Waals surface area (Å²) in [4.78, 5) is 0. The average Bonchev–Trinajstić information content (AvgIpc) is 3.40. The number of benzene rings is 6. The van der Waals surface area contributed by atoms with Crippen LogP contribution in [0, 0.1) is 0 Å². The van der Waals surface area contributed by atoms with Gasteiger partial charge in [0.15, 0.2) is 7.14 Å². The Morgan fingerprint density at radius 2 is 0.875 bits per heavy atom. The van der Waals surface area contributed by atoms with E-state index in [2.05, 4.69) is 84.9 Å². The fourth-order valence-electron chi connectivity index (χ4n) is 5.41. The third-order valence-electron chi connectivity index (χ3n) is 7.33. The molecule has 0 N–H and O–H groups in total. The van der Waals surface area contributed by atoms with Crippen molar-refractivity contribution in [1.82, 2.24) is 0 Å². The van der Waals surface area contributed by atoms with Crippen molar-refractivity contribution in [2.75, 3.05) is 0 Å². The van der Waals surface area contributed by atoms with E-state index in [1.807, 2.05) is 72.8 Å². The molecule has 0 fully saturated rings. The first kappa shape index (κ1) is 24.8. The van der Waals surface area contributed by atoms with E-state index in [4.69, 9.17) is 4.42 Å². The van der Waals surface area contributed by atoms with E-state index < -0.39 is 15.1 Å². The minimum Gasteiger partial charge on any atom is -0.456 e. The first-order chi connectivity index (χ1) is 19.7. The number of hydrogen-bond acceptors (Lipinski definition) is 2. The van der Waals surface area contributed by atoms with Crippen molar-refractivity contribution < 1.29 is 8.98 Å². The van der Waals surface area contributed by atoms with Gasteiger partial charge in [0, 0.05) is 26.7 Å². The van der Waals surface area contributed by atoms with Crippen LogP contribution < -0.4 is 31.8 Å². The van der Waals surface area contributed by atoms with Crippen molar-refractivity contribution in [3.8, 4) is 0 Å². The Labute approximate surface area is 235 Å². The van der Waals surface area contributed by atoms with Crippen LogP contribution in [-0.4, -0.2) is 0 Å². The lowest BCUT2D eigenvalue weighted by molar-refractivity contribution is 0.592. The Balaban J connectivity index is 1.44. The predicted octanol–water partition coefficient (Wildman–Crippen LogP) is 6.98. The third-order valence-corrected chi connectivity index (χ3v) is 12.8. The van der Waals surface area contributed by atoms with Crippen LogP contribution in [0.3, 0.4) is 0 Å². The number of hydrogen-bond donors (Lipinski definition) is 0. The highest BCUT2D eigenvalue weighted by Crippen LogP contribution is 2.44. The second-order valence-corrected chi connectivity index (χ2v) is 14.7. The fourth-order valence-corrected chi connectivity index (χ4v) is 10.4. The Hall–Kier alpha value is -4.22. The molecule has 1 aromatic heterocycles. The summed E-state index contributed by atoms with van der Waals surface area (Å²) >= 11 is 0. The van der Waals surface area contributed by atoms with Gasteiger partial charge < -0.3 is 8.98 Å². The molecular formula is C36H26O2P2. The molecule has 0 spiro atoms. The van der Waals surface area contributed by atoms with E-state index in [-0.39, 0.29) is 0 Å². The van der Waals surface area contributed by atoms with Crippen LogP contribution in [0.5, 0.6) is 0 Å². The molecule has 0 saturated carbocycles. The zero-order chi connectivity index (χ0) is 26.9. The molecule has 0 aliphatic carbocycles. The topological polar surface area (TPSA) is 30.2 Å². The summed E-state index contributed by atoms with van der Waals surface area (Å²) in [6.07, 6.45) is 0. The second-order valence-electron chi connectivity index (χ2n) is 9.75. The first-order valence-corrected chi connectivity index (χ1v) is 16.3. The van der Waals surface area contributed by atoms with Crippen LogP contribution in [0.2, 0.25) is 0 Å². The third kappa shape index (κ3) is 4.31. The van der Waals surface area contributed by atoms with Crippen molar-refractivity contribution in [2.24, 2.45) is 0 Å². The van der Waals surface area contributed by atoms with Crippen LogP contribution in [0.4, 0.5) is 0 Å². The quantitative estimate of drug-likeness (QED) is 0.208. The van der Waals surface area contributed by atoms with Crippen molar-refractivity contribution in [2.45, 2.75) is 0 Å². The molecule has 2 nitrogen and oxygen atoms in total. The summed E-state index contributed by atoms with van der Waals surface area (Å²) in [5, 5.41) is 8.33. The predicted molar refractivity (Wildman–Crippen MR) is 172 cm³/mol. The molecule has 0 aliphatic rings. The maximum absolute atomic E-state index is 15.0. The maximum atomic E-state index is 15.0. The van der Waals surface area contributed by atoms with E-state index in [0.717, 1.165) is 37.9 Å². The van der Waals surface area contributed by atoms with Gasteiger partial charge in [-0.05, 0) is 54.2 Å². The Morgan fingerprint density at radius 3 is 1.40 bits per heavy atom. The van der Waals surface area contributed by atoms with Gasteiger partial charge in [0.2, 0.25) is 0 Å². The van der Waals surface area contributed by atoms with Gasteiger partial charge in [-0.25, -0.2) is 0 Å². The summed E-state index contributed by atoms with van der Waals surface area (Å²) in [5.74, 6) is 0. The summed E-state index contributed by atoms with van der Waals surface area (Å²) in [6, 6.07) is 53.6. The molecule has 6 aromatic carbocycles. The molecule has 0 bridgehead atoms. The molecule has 0 amide bonds. The largest absolute Gasteiger partial charge is 0.456 e. The number of furan rings is 1. The van der Waals surface area contributed by atoms with Crippen molar-refractivity contribution >= 4 is 68.8 Å². The highest BCUT2D eigenvalue weighted by atomic mass is 31.2. The molecule has 0 radical (unpaired) electrons. The van der Waals surface area contributed by atoms with Gasteiger partial charge in [-0.1, -0.05) is 127 Å².